The number of hydrogen-bond acceptors (Lipinski definition) is 2. The number of anilines is 1. The Hall–Kier alpha value is -2.05. The van der Waals surface area contributed by atoms with Crippen LogP contribution in [0.25, 0.3) is 0 Å². The molecule has 2 amide bonds. The summed E-state index contributed by atoms with van der Waals surface area (Å²) < 4.78 is 39.0. The maximum absolute atomic E-state index is 13.3. The van der Waals surface area contributed by atoms with Gasteiger partial charge in [-0.1, -0.05) is 0 Å². The number of benzene rings is 1. The zero-order valence-electron chi connectivity index (χ0n) is 9.80. The molecule has 0 aromatic heterocycles. The van der Waals surface area contributed by atoms with Gasteiger partial charge in [0.1, 0.15) is 5.82 Å². The Morgan fingerprint density at radius 3 is 2.53 bits per heavy atom. The minimum Gasteiger partial charge on any atom is -0.355 e. The molecule has 0 bridgehead atoms. The summed E-state index contributed by atoms with van der Waals surface area (Å²) in [5.74, 6) is -4.81. The van der Waals surface area contributed by atoms with Crippen LogP contribution in [0.4, 0.5) is 18.9 Å². The zero-order valence-corrected chi connectivity index (χ0v) is 9.80. The van der Waals surface area contributed by atoms with E-state index in [2.05, 4.69) is 10.6 Å². The van der Waals surface area contributed by atoms with Crippen LogP contribution in [0.5, 0.6) is 0 Å². The van der Waals surface area contributed by atoms with Crippen molar-refractivity contribution in [2.45, 2.75) is 12.8 Å². The highest BCUT2D eigenvalue weighted by atomic mass is 19.2. The van der Waals surface area contributed by atoms with E-state index < -0.39 is 35.0 Å². The van der Waals surface area contributed by atoms with Crippen LogP contribution < -0.4 is 10.6 Å². The highest BCUT2D eigenvalue weighted by Crippen LogP contribution is 2.20. The lowest BCUT2D eigenvalue weighted by atomic mass is 9.98. The Kier molecular flexibility index (Phi) is 3.73. The molecule has 102 valence electrons. The molecule has 1 aliphatic heterocycles. The average molecular weight is 272 g/mol. The van der Waals surface area contributed by atoms with Crippen molar-refractivity contribution in [3.05, 3.63) is 29.6 Å². The van der Waals surface area contributed by atoms with Crippen molar-refractivity contribution in [1.82, 2.24) is 5.32 Å². The lowest BCUT2D eigenvalue weighted by Crippen LogP contribution is -2.40. The molecule has 4 nitrogen and oxygen atoms in total. The molecule has 0 radical (unpaired) electrons. The van der Waals surface area contributed by atoms with E-state index in [4.69, 9.17) is 0 Å². The number of carbonyl (C=O) groups excluding carboxylic acids is 2. The maximum Gasteiger partial charge on any atom is 0.229 e. The van der Waals surface area contributed by atoms with Gasteiger partial charge in [0.15, 0.2) is 11.6 Å². The van der Waals surface area contributed by atoms with E-state index in [0.29, 0.717) is 18.6 Å². The van der Waals surface area contributed by atoms with Crippen molar-refractivity contribution in [1.29, 1.82) is 0 Å². The molecule has 1 fully saturated rings. The summed E-state index contributed by atoms with van der Waals surface area (Å²) in [6.45, 7) is 0.149. The van der Waals surface area contributed by atoms with Gasteiger partial charge in [0.25, 0.3) is 0 Å². The molecule has 1 aromatic carbocycles. The molecular weight excluding hydrogens is 261 g/mol. The summed E-state index contributed by atoms with van der Waals surface area (Å²) in [4.78, 5) is 22.7. The first kappa shape index (κ1) is 13.4. The third-order valence-corrected chi connectivity index (χ3v) is 2.90. The molecule has 2 rings (SSSR count). The summed E-state index contributed by atoms with van der Waals surface area (Å²) in [6.07, 6.45) is 0.543. The number of halogens is 3. The van der Waals surface area contributed by atoms with Crippen molar-refractivity contribution in [3.8, 4) is 0 Å². The molecule has 1 aliphatic rings. The Bertz CT molecular complexity index is 524. The molecule has 1 aromatic rings. The van der Waals surface area contributed by atoms with Gasteiger partial charge in [-0.25, -0.2) is 13.2 Å². The van der Waals surface area contributed by atoms with Crippen molar-refractivity contribution >= 4 is 17.5 Å². The maximum atomic E-state index is 13.3. The fourth-order valence-electron chi connectivity index (χ4n) is 1.81. The van der Waals surface area contributed by atoms with Gasteiger partial charge in [-0.05, 0) is 6.42 Å². The molecule has 1 saturated heterocycles. The number of nitrogens with one attached hydrogen (secondary N) is 2. The van der Waals surface area contributed by atoms with E-state index in [1.165, 1.54) is 0 Å². The minimum atomic E-state index is -1.32. The van der Waals surface area contributed by atoms with E-state index in [0.717, 1.165) is 0 Å². The Labute approximate surface area is 107 Å². The normalized spacial score (nSPS) is 18.9. The third-order valence-electron chi connectivity index (χ3n) is 2.90. The molecule has 1 atom stereocenters. The van der Waals surface area contributed by atoms with Crippen LogP contribution in [0.15, 0.2) is 12.1 Å². The van der Waals surface area contributed by atoms with Gasteiger partial charge in [-0.15, -0.1) is 0 Å². The first-order chi connectivity index (χ1) is 8.97. The summed E-state index contributed by atoms with van der Waals surface area (Å²) in [5, 5.41) is 4.70. The zero-order chi connectivity index (χ0) is 14.0. The van der Waals surface area contributed by atoms with Crippen LogP contribution in [-0.4, -0.2) is 18.4 Å². The molecule has 1 heterocycles. The molecule has 1 unspecified atom stereocenters. The largest absolute Gasteiger partial charge is 0.355 e. The van der Waals surface area contributed by atoms with Gasteiger partial charge in [-0.3, -0.25) is 9.59 Å². The number of rotatable bonds is 2. The quantitative estimate of drug-likeness (QED) is 0.803. The standard InChI is InChI=1S/C12H11F3N2O2/c13-7-3-9(15)10(4-8(7)14)17-12(19)6-1-2-11(18)16-5-6/h3-4,6H,1-2,5H2,(H,16,18)(H,17,19). The van der Waals surface area contributed by atoms with E-state index >= 15 is 0 Å². The summed E-state index contributed by atoms with van der Waals surface area (Å²) in [7, 11) is 0. The topological polar surface area (TPSA) is 58.2 Å². The lowest BCUT2D eigenvalue weighted by molar-refractivity contribution is -0.126. The number of piperidine rings is 1. The first-order valence-corrected chi connectivity index (χ1v) is 5.69. The number of hydrogen-bond donors (Lipinski definition) is 2. The SMILES string of the molecule is O=C1CCC(C(=O)Nc2cc(F)c(F)cc2F)CN1. The van der Waals surface area contributed by atoms with Crippen LogP contribution in [0.3, 0.4) is 0 Å². The van der Waals surface area contributed by atoms with Crippen molar-refractivity contribution in [2.24, 2.45) is 5.92 Å². The predicted molar refractivity (Wildman–Crippen MR) is 60.7 cm³/mol. The molecule has 2 N–H and O–H groups in total. The monoisotopic (exact) mass is 272 g/mol. The van der Waals surface area contributed by atoms with Crippen molar-refractivity contribution < 1.29 is 22.8 Å². The average Bonchev–Trinajstić information content (AvgIpc) is 2.36. The van der Waals surface area contributed by atoms with E-state index in [1.807, 2.05) is 0 Å². The fraction of sp³-hybridized carbons (Fsp3) is 0.333. The summed E-state index contributed by atoms with van der Waals surface area (Å²) in [5.41, 5.74) is -0.416. The second-order valence-corrected chi connectivity index (χ2v) is 4.28. The Balaban J connectivity index is 2.07. The van der Waals surface area contributed by atoms with Crippen LogP contribution in [0, 0.1) is 23.4 Å². The highest BCUT2D eigenvalue weighted by Gasteiger charge is 2.25. The highest BCUT2D eigenvalue weighted by molar-refractivity contribution is 5.94. The minimum absolute atomic E-state index is 0.149. The number of carbonyl (C=O) groups is 2. The molecule has 0 spiro atoms. The molecule has 0 saturated carbocycles. The van der Waals surface area contributed by atoms with Gasteiger partial charge in [0.2, 0.25) is 11.8 Å². The van der Waals surface area contributed by atoms with Gasteiger partial charge in [0, 0.05) is 25.1 Å². The van der Waals surface area contributed by atoms with Crippen molar-refractivity contribution in [2.75, 3.05) is 11.9 Å². The van der Waals surface area contributed by atoms with E-state index in [1.54, 1.807) is 0 Å². The molecule has 19 heavy (non-hydrogen) atoms. The predicted octanol–water partition coefficient (Wildman–Crippen LogP) is 1.57. The van der Waals surface area contributed by atoms with E-state index in [-0.39, 0.29) is 18.9 Å². The van der Waals surface area contributed by atoms with Gasteiger partial charge < -0.3 is 10.6 Å². The molecular formula is C12H11F3N2O2. The number of amides is 2. The third kappa shape index (κ3) is 3.04. The molecule has 0 aliphatic carbocycles. The second-order valence-electron chi connectivity index (χ2n) is 4.28. The van der Waals surface area contributed by atoms with Gasteiger partial charge in [-0.2, -0.15) is 0 Å². The first-order valence-electron chi connectivity index (χ1n) is 5.69. The van der Waals surface area contributed by atoms with Crippen molar-refractivity contribution in [3.63, 3.8) is 0 Å². The summed E-state index contributed by atoms with van der Waals surface area (Å²) in [6, 6.07) is 0.956. The van der Waals surface area contributed by atoms with Crippen LogP contribution in [0.2, 0.25) is 0 Å². The second kappa shape index (κ2) is 5.29. The fourth-order valence-corrected chi connectivity index (χ4v) is 1.81. The van der Waals surface area contributed by atoms with Crippen LogP contribution >= 0.6 is 0 Å². The summed E-state index contributed by atoms with van der Waals surface area (Å²) >= 11 is 0. The smallest absolute Gasteiger partial charge is 0.229 e. The van der Waals surface area contributed by atoms with Gasteiger partial charge >= 0.3 is 0 Å². The van der Waals surface area contributed by atoms with Gasteiger partial charge in [0.05, 0.1) is 11.6 Å². The van der Waals surface area contributed by atoms with E-state index in [9.17, 15) is 22.8 Å². The van der Waals surface area contributed by atoms with Crippen LogP contribution in [-0.2, 0) is 9.59 Å². The lowest BCUT2D eigenvalue weighted by Gasteiger charge is -2.21. The Morgan fingerprint density at radius 2 is 1.89 bits per heavy atom. The van der Waals surface area contributed by atoms with Crippen LogP contribution in [0.1, 0.15) is 12.8 Å². The molecule has 7 heteroatoms. The Morgan fingerprint density at radius 1 is 1.21 bits per heavy atom.